The molecular weight excluding hydrogens is 420 g/mol. The number of amides is 1. The molecular formula is C23H23ClN2O5. The number of Topliss-reactive ketones (excluding diaryl/α,β-unsaturated/α-hetero) is 1. The molecule has 2 aromatic rings. The number of aliphatic hydroxyl groups is 1. The summed E-state index contributed by atoms with van der Waals surface area (Å²) in [4.78, 5) is 31.9. The number of ketones is 1. The van der Waals surface area contributed by atoms with Gasteiger partial charge in [-0.2, -0.15) is 0 Å². The molecule has 1 aromatic carbocycles. The molecule has 162 valence electrons. The normalized spacial score (nSPS) is 21.0. The van der Waals surface area contributed by atoms with Gasteiger partial charge in [-0.1, -0.05) is 24.4 Å². The molecule has 8 heteroatoms. The van der Waals surface area contributed by atoms with Gasteiger partial charge in [0.25, 0.3) is 11.7 Å². The van der Waals surface area contributed by atoms with Crippen LogP contribution in [-0.2, 0) is 9.59 Å². The van der Waals surface area contributed by atoms with Crippen LogP contribution in [0.25, 0.3) is 5.76 Å². The Bertz CT molecular complexity index is 1050. The van der Waals surface area contributed by atoms with E-state index in [4.69, 9.17) is 21.1 Å². The van der Waals surface area contributed by atoms with Gasteiger partial charge in [-0.05, 0) is 36.6 Å². The lowest BCUT2D eigenvalue weighted by molar-refractivity contribution is -0.141. The van der Waals surface area contributed by atoms with E-state index in [0.29, 0.717) is 11.3 Å². The lowest BCUT2D eigenvalue weighted by Gasteiger charge is -2.30. The predicted molar refractivity (Wildman–Crippen MR) is 115 cm³/mol. The van der Waals surface area contributed by atoms with Gasteiger partial charge in [0.1, 0.15) is 17.3 Å². The number of hydrogen-bond donors (Lipinski definition) is 1. The maximum absolute atomic E-state index is 13.2. The first kappa shape index (κ1) is 21.2. The third-order valence-corrected chi connectivity index (χ3v) is 6.24. The number of nitrogens with zero attached hydrogens (tertiary/aromatic N) is 2. The number of carbonyl (C=O) groups excluding carboxylic acids is 2. The minimum Gasteiger partial charge on any atom is -0.507 e. The summed E-state index contributed by atoms with van der Waals surface area (Å²) in [6, 6.07) is 5.75. The number of pyridine rings is 1. The molecule has 0 bridgehead atoms. The molecule has 2 aliphatic rings. The Morgan fingerprint density at radius 2 is 1.74 bits per heavy atom. The van der Waals surface area contributed by atoms with Crippen LogP contribution in [-0.4, -0.2) is 46.9 Å². The molecule has 1 aromatic heterocycles. The van der Waals surface area contributed by atoms with E-state index in [-0.39, 0.29) is 33.7 Å². The maximum atomic E-state index is 13.2. The Labute approximate surface area is 185 Å². The molecule has 2 fully saturated rings. The van der Waals surface area contributed by atoms with Crippen molar-refractivity contribution in [3.05, 3.63) is 58.4 Å². The highest BCUT2D eigenvalue weighted by Gasteiger charge is 2.49. The number of ether oxygens (including phenoxy) is 2. The third-order valence-electron chi connectivity index (χ3n) is 5.95. The first-order valence-corrected chi connectivity index (χ1v) is 10.5. The van der Waals surface area contributed by atoms with Gasteiger partial charge in [-0.3, -0.25) is 14.6 Å². The van der Waals surface area contributed by atoms with Crippen LogP contribution in [0, 0.1) is 0 Å². The Kier molecular flexibility index (Phi) is 5.87. The van der Waals surface area contributed by atoms with Crippen LogP contribution in [0.3, 0.4) is 0 Å². The maximum Gasteiger partial charge on any atom is 0.295 e. The molecule has 0 radical (unpaired) electrons. The second-order valence-corrected chi connectivity index (χ2v) is 8.02. The van der Waals surface area contributed by atoms with E-state index in [1.54, 1.807) is 29.4 Å². The fourth-order valence-corrected chi connectivity index (χ4v) is 4.71. The zero-order valence-electron chi connectivity index (χ0n) is 17.3. The summed E-state index contributed by atoms with van der Waals surface area (Å²) in [5, 5.41) is 11.5. The lowest BCUT2D eigenvalue weighted by Crippen LogP contribution is -2.37. The van der Waals surface area contributed by atoms with Crippen LogP contribution in [0.15, 0.2) is 42.2 Å². The molecule has 7 nitrogen and oxygen atoms in total. The molecule has 1 unspecified atom stereocenters. The zero-order chi connectivity index (χ0) is 22.1. The van der Waals surface area contributed by atoms with Crippen molar-refractivity contribution >= 4 is 29.1 Å². The molecule has 1 aliphatic heterocycles. The third kappa shape index (κ3) is 3.63. The molecule has 31 heavy (non-hydrogen) atoms. The number of methoxy groups -OCH3 is 2. The number of rotatable bonds is 5. The summed E-state index contributed by atoms with van der Waals surface area (Å²) >= 11 is 6.28. The quantitative estimate of drug-likeness (QED) is 0.425. The number of likely N-dealkylation sites (tertiary alicyclic amines) is 1. The predicted octanol–water partition coefficient (Wildman–Crippen LogP) is 4.12. The molecule has 1 aliphatic carbocycles. The second kappa shape index (κ2) is 8.59. The van der Waals surface area contributed by atoms with Crippen LogP contribution in [0.1, 0.15) is 42.9 Å². The van der Waals surface area contributed by atoms with Crippen molar-refractivity contribution in [1.29, 1.82) is 0 Å². The molecule has 4 rings (SSSR count). The fraction of sp³-hybridized carbons (Fsp3) is 0.348. The van der Waals surface area contributed by atoms with Gasteiger partial charge >= 0.3 is 0 Å². The Morgan fingerprint density at radius 3 is 2.35 bits per heavy atom. The summed E-state index contributed by atoms with van der Waals surface area (Å²) < 4.78 is 10.6. The monoisotopic (exact) mass is 442 g/mol. The molecule has 2 heterocycles. The number of benzene rings is 1. The number of aliphatic hydroxyl groups excluding tert-OH is 1. The van der Waals surface area contributed by atoms with Gasteiger partial charge in [0.05, 0.1) is 36.4 Å². The van der Waals surface area contributed by atoms with Crippen LogP contribution in [0.4, 0.5) is 0 Å². The lowest BCUT2D eigenvalue weighted by atomic mass is 9.95. The van der Waals surface area contributed by atoms with E-state index in [2.05, 4.69) is 4.98 Å². The highest BCUT2D eigenvalue weighted by Crippen LogP contribution is 2.45. The van der Waals surface area contributed by atoms with Crippen LogP contribution in [0.5, 0.6) is 11.5 Å². The van der Waals surface area contributed by atoms with Crippen molar-refractivity contribution in [2.75, 3.05) is 14.2 Å². The molecule has 0 spiro atoms. The highest BCUT2D eigenvalue weighted by atomic mass is 35.5. The van der Waals surface area contributed by atoms with Crippen LogP contribution in [0.2, 0.25) is 5.02 Å². The SMILES string of the molecule is COc1cc(OC)c(/C(O)=C2\C(=O)C(=O)N(C3CCCC3)C2c2ccncc2)cc1Cl. The number of halogens is 1. The van der Waals surface area contributed by atoms with E-state index in [1.807, 2.05) is 0 Å². The largest absolute Gasteiger partial charge is 0.507 e. The smallest absolute Gasteiger partial charge is 0.295 e. The molecule has 1 saturated carbocycles. The second-order valence-electron chi connectivity index (χ2n) is 7.61. The van der Waals surface area contributed by atoms with Gasteiger partial charge in [-0.25, -0.2) is 0 Å². The van der Waals surface area contributed by atoms with E-state index in [0.717, 1.165) is 25.7 Å². The van der Waals surface area contributed by atoms with Gasteiger partial charge in [0.2, 0.25) is 0 Å². The number of carbonyl (C=O) groups is 2. The summed E-state index contributed by atoms with van der Waals surface area (Å²) in [7, 11) is 2.91. The summed E-state index contributed by atoms with van der Waals surface area (Å²) in [6.45, 7) is 0. The number of hydrogen-bond acceptors (Lipinski definition) is 6. The Hall–Kier alpha value is -3.06. The zero-order valence-corrected chi connectivity index (χ0v) is 18.1. The molecule has 1 N–H and O–H groups in total. The van der Waals surface area contributed by atoms with Crippen LogP contribution >= 0.6 is 11.6 Å². The summed E-state index contributed by atoms with van der Waals surface area (Å²) in [6.07, 6.45) is 6.86. The van der Waals surface area contributed by atoms with Crippen molar-refractivity contribution in [1.82, 2.24) is 9.88 Å². The topological polar surface area (TPSA) is 89.0 Å². The average Bonchev–Trinajstić information content (AvgIpc) is 3.40. The summed E-state index contributed by atoms with van der Waals surface area (Å²) in [5.41, 5.74) is 0.945. The van der Waals surface area contributed by atoms with E-state index in [9.17, 15) is 14.7 Å². The van der Waals surface area contributed by atoms with Gasteiger partial charge in [-0.15, -0.1) is 0 Å². The Morgan fingerprint density at radius 1 is 1.10 bits per heavy atom. The molecule has 1 atom stereocenters. The van der Waals surface area contributed by atoms with Gasteiger partial charge < -0.3 is 19.5 Å². The van der Waals surface area contributed by atoms with Crippen molar-refractivity contribution in [2.45, 2.75) is 37.8 Å². The van der Waals surface area contributed by atoms with E-state index >= 15 is 0 Å². The minimum absolute atomic E-state index is 0.0163. The molecule has 1 saturated heterocycles. The highest BCUT2D eigenvalue weighted by molar-refractivity contribution is 6.46. The van der Waals surface area contributed by atoms with Crippen molar-refractivity contribution in [3.8, 4) is 11.5 Å². The van der Waals surface area contributed by atoms with Crippen molar-refractivity contribution in [2.24, 2.45) is 0 Å². The van der Waals surface area contributed by atoms with Gasteiger partial charge in [0.15, 0.2) is 0 Å². The first-order valence-electron chi connectivity index (χ1n) is 10.1. The average molecular weight is 443 g/mol. The van der Waals surface area contributed by atoms with Crippen molar-refractivity contribution in [3.63, 3.8) is 0 Å². The van der Waals surface area contributed by atoms with Crippen LogP contribution < -0.4 is 9.47 Å². The Balaban J connectivity index is 1.92. The standard InChI is InChI=1S/C23H23ClN2O5/c1-30-17-12-18(31-2)16(24)11-15(17)21(27)19-20(13-7-9-25-10-8-13)26(23(29)22(19)28)14-5-3-4-6-14/h7-12,14,20,27H,3-6H2,1-2H3/b21-19+. The summed E-state index contributed by atoms with van der Waals surface area (Å²) in [5.74, 6) is -1.01. The minimum atomic E-state index is -0.722. The first-order chi connectivity index (χ1) is 15.0. The fourth-order valence-electron chi connectivity index (χ4n) is 4.47. The van der Waals surface area contributed by atoms with E-state index in [1.165, 1.54) is 26.4 Å². The van der Waals surface area contributed by atoms with Crippen molar-refractivity contribution < 1.29 is 24.2 Å². The van der Waals surface area contributed by atoms with Gasteiger partial charge in [0, 0.05) is 24.5 Å². The van der Waals surface area contributed by atoms with E-state index < -0.39 is 17.7 Å². The number of aromatic nitrogens is 1. The molecule has 1 amide bonds.